The third kappa shape index (κ3) is 4.02. The highest BCUT2D eigenvalue weighted by Crippen LogP contribution is 2.26. The maximum Gasteiger partial charge on any atom is 0.230 e. The summed E-state index contributed by atoms with van der Waals surface area (Å²) in [5, 5.41) is 8.46. The van der Waals surface area contributed by atoms with E-state index in [1.807, 2.05) is 42.2 Å². The van der Waals surface area contributed by atoms with Crippen LogP contribution < -0.4 is 4.90 Å². The van der Waals surface area contributed by atoms with Crippen molar-refractivity contribution in [1.82, 2.24) is 29.9 Å². The Kier molecular flexibility index (Phi) is 5.68. The van der Waals surface area contributed by atoms with Crippen LogP contribution in [0, 0.1) is 5.82 Å². The number of benzene rings is 2. The molecular weight excluding hydrogens is 421 g/mol. The number of nitrogens with zero attached hydrogens (tertiary/aromatic N) is 7. The van der Waals surface area contributed by atoms with Crippen LogP contribution in [0.1, 0.15) is 24.8 Å². The molecule has 33 heavy (non-hydrogen) atoms. The fourth-order valence-electron chi connectivity index (χ4n) is 4.35. The van der Waals surface area contributed by atoms with Crippen molar-refractivity contribution < 1.29 is 9.18 Å². The summed E-state index contributed by atoms with van der Waals surface area (Å²) in [6.45, 7) is 4.52. The van der Waals surface area contributed by atoms with Gasteiger partial charge < -0.3 is 9.80 Å². The molecule has 0 N–H and O–H groups in total. The van der Waals surface area contributed by atoms with Gasteiger partial charge in [0.15, 0.2) is 17.0 Å². The second-order valence-electron chi connectivity index (χ2n) is 8.03. The summed E-state index contributed by atoms with van der Waals surface area (Å²) in [4.78, 5) is 26.0. The number of amides is 1. The number of anilines is 1. The molecule has 5 rings (SSSR count). The summed E-state index contributed by atoms with van der Waals surface area (Å²) in [6, 6.07) is 16.1. The third-order valence-corrected chi connectivity index (χ3v) is 6.07. The van der Waals surface area contributed by atoms with Gasteiger partial charge in [-0.2, -0.15) is 4.68 Å². The van der Waals surface area contributed by atoms with Gasteiger partial charge in [-0.25, -0.2) is 14.4 Å². The minimum absolute atomic E-state index is 0.130. The largest absolute Gasteiger partial charge is 0.351 e. The van der Waals surface area contributed by atoms with E-state index in [1.54, 1.807) is 12.1 Å². The lowest BCUT2D eigenvalue weighted by atomic mass is 9.95. The zero-order chi connectivity index (χ0) is 22.8. The summed E-state index contributed by atoms with van der Waals surface area (Å²) < 4.78 is 15.2. The molecule has 1 amide bonds. The molecular formula is C24H24FN7O. The third-order valence-electron chi connectivity index (χ3n) is 6.07. The summed E-state index contributed by atoms with van der Waals surface area (Å²) in [5.41, 5.74) is 2.67. The first-order chi connectivity index (χ1) is 16.2. The van der Waals surface area contributed by atoms with E-state index in [4.69, 9.17) is 0 Å². The average molecular weight is 446 g/mol. The van der Waals surface area contributed by atoms with Crippen LogP contribution in [0.4, 0.5) is 10.2 Å². The van der Waals surface area contributed by atoms with Gasteiger partial charge >= 0.3 is 0 Å². The number of hydrogen-bond donors (Lipinski definition) is 0. The summed E-state index contributed by atoms with van der Waals surface area (Å²) in [5.74, 6) is 0.347. The highest BCUT2D eigenvalue weighted by Gasteiger charge is 2.29. The highest BCUT2D eigenvalue weighted by molar-refractivity contribution is 5.85. The van der Waals surface area contributed by atoms with Crippen molar-refractivity contribution in [2.75, 3.05) is 31.1 Å². The van der Waals surface area contributed by atoms with E-state index in [-0.39, 0.29) is 17.6 Å². The topological polar surface area (TPSA) is 80.0 Å². The van der Waals surface area contributed by atoms with Gasteiger partial charge in [-0.15, -0.1) is 5.10 Å². The molecule has 1 fully saturated rings. The zero-order valence-corrected chi connectivity index (χ0v) is 18.3. The molecule has 0 unspecified atom stereocenters. The molecule has 2 aromatic heterocycles. The second-order valence-corrected chi connectivity index (χ2v) is 8.03. The van der Waals surface area contributed by atoms with Gasteiger partial charge in [0.2, 0.25) is 5.91 Å². The van der Waals surface area contributed by atoms with Crippen LogP contribution in [0.2, 0.25) is 0 Å². The molecule has 1 aliphatic heterocycles. The molecule has 8 nitrogen and oxygen atoms in total. The van der Waals surface area contributed by atoms with Crippen LogP contribution in [0.15, 0.2) is 60.9 Å². The molecule has 1 atom stereocenters. The fraction of sp³-hybridized carbons (Fsp3) is 0.292. The van der Waals surface area contributed by atoms with E-state index >= 15 is 0 Å². The number of fused-ring (bicyclic) bond motifs is 1. The first-order valence-corrected chi connectivity index (χ1v) is 11.1. The van der Waals surface area contributed by atoms with Crippen LogP contribution in [0.5, 0.6) is 0 Å². The van der Waals surface area contributed by atoms with Crippen molar-refractivity contribution in [2.45, 2.75) is 19.3 Å². The second kappa shape index (κ2) is 8.93. The lowest BCUT2D eigenvalue weighted by molar-refractivity contribution is -0.133. The van der Waals surface area contributed by atoms with E-state index in [0.29, 0.717) is 48.8 Å². The number of rotatable bonds is 5. The van der Waals surface area contributed by atoms with Crippen LogP contribution in [0.3, 0.4) is 0 Å². The van der Waals surface area contributed by atoms with Gasteiger partial charge in [0.05, 0.1) is 11.6 Å². The Morgan fingerprint density at radius 3 is 2.55 bits per heavy atom. The number of halogens is 1. The Morgan fingerprint density at radius 2 is 1.82 bits per heavy atom. The number of hydrogen-bond acceptors (Lipinski definition) is 6. The van der Waals surface area contributed by atoms with Gasteiger partial charge in [0.25, 0.3) is 0 Å². The lowest BCUT2D eigenvalue weighted by Crippen LogP contribution is -2.50. The van der Waals surface area contributed by atoms with Gasteiger partial charge in [-0.05, 0) is 30.2 Å². The quantitative estimate of drug-likeness (QED) is 0.469. The molecule has 0 spiro atoms. The van der Waals surface area contributed by atoms with Crippen LogP contribution in [-0.2, 0) is 4.79 Å². The number of aromatic nitrogens is 5. The van der Waals surface area contributed by atoms with Crippen LogP contribution >= 0.6 is 0 Å². The molecule has 168 valence electrons. The van der Waals surface area contributed by atoms with Crippen molar-refractivity contribution >= 4 is 22.9 Å². The molecule has 9 heteroatoms. The number of piperazine rings is 1. The van der Waals surface area contributed by atoms with E-state index in [0.717, 1.165) is 12.0 Å². The molecule has 1 aliphatic rings. The molecule has 0 saturated carbocycles. The summed E-state index contributed by atoms with van der Waals surface area (Å²) in [7, 11) is 0. The first-order valence-electron chi connectivity index (χ1n) is 11.1. The van der Waals surface area contributed by atoms with Gasteiger partial charge in [-0.1, -0.05) is 48.5 Å². The average Bonchev–Trinajstić information content (AvgIpc) is 3.30. The Bertz CT molecular complexity index is 1270. The minimum atomic E-state index is -0.355. The molecule has 4 aromatic rings. The normalized spacial score (nSPS) is 15.1. The Morgan fingerprint density at radius 1 is 1.03 bits per heavy atom. The van der Waals surface area contributed by atoms with Gasteiger partial charge in [-0.3, -0.25) is 4.79 Å². The smallest absolute Gasteiger partial charge is 0.230 e. The summed E-state index contributed by atoms with van der Waals surface area (Å²) in [6.07, 6.45) is 2.23. The van der Waals surface area contributed by atoms with Crippen molar-refractivity contribution in [2.24, 2.45) is 0 Å². The van der Waals surface area contributed by atoms with Crippen LogP contribution in [0.25, 0.3) is 16.9 Å². The number of carbonyl (C=O) groups is 1. The maximum absolute atomic E-state index is 13.7. The number of carbonyl (C=O) groups excluding carboxylic acids is 1. The zero-order valence-electron chi connectivity index (χ0n) is 18.3. The monoisotopic (exact) mass is 445 g/mol. The van der Waals surface area contributed by atoms with Crippen LogP contribution in [-0.4, -0.2) is 61.9 Å². The highest BCUT2D eigenvalue weighted by atomic mass is 19.1. The van der Waals surface area contributed by atoms with Gasteiger partial charge in [0.1, 0.15) is 12.1 Å². The molecule has 2 aromatic carbocycles. The van der Waals surface area contributed by atoms with E-state index in [9.17, 15) is 9.18 Å². The van der Waals surface area contributed by atoms with Crippen molar-refractivity contribution in [3.63, 3.8) is 0 Å². The molecule has 1 saturated heterocycles. The van der Waals surface area contributed by atoms with E-state index < -0.39 is 0 Å². The van der Waals surface area contributed by atoms with Crippen molar-refractivity contribution in [3.05, 3.63) is 72.3 Å². The molecule has 0 aliphatic carbocycles. The molecule has 3 heterocycles. The van der Waals surface area contributed by atoms with E-state index in [2.05, 4.69) is 25.2 Å². The standard InChI is InChI=1S/C24H24FN7O/c1-2-20(17-7-4-3-5-8-17)24(33)31-13-11-30(12-14-31)22-21-23(27-16-26-22)32(29-28-21)19-10-6-9-18(25)15-19/h3-10,15-16,20H,2,11-14H2,1H3/t20-/m0/s1. The Labute approximate surface area is 190 Å². The predicted octanol–water partition coefficient (Wildman–Crippen LogP) is 3.19. The first kappa shape index (κ1) is 21.0. The molecule has 0 radical (unpaired) electrons. The predicted molar refractivity (Wildman–Crippen MR) is 123 cm³/mol. The van der Waals surface area contributed by atoms with E-state index in [1.165, 1.54) is 23.1 Å². The van der Waals surface area contributed by atoms with Crippen molar-refractivity contribution in [3.8, 4) is 5.69 Å². The summed E-state index contributed by atoms with van der Waals surface area (Å²) >= 11 is 0. The van der Waals surface area contributed by atoms with Crippen molar-refractivity contribution in [1.29, 1.82) is 0 Å². The fourth-order valence-corrected chi connectivity index (χ4v) is 4.35. The SMILES string of the molecule is CC[C@H](C(=O)N1CCN(c2ncnc3c2nnn3-c2cccc(F)c2)CC1)c1ccccc1. The lowest BCUT2D eigenvalue weighted by Gasteiger charge is -2.37. The minimum Gasteiger partial charge on any atom is -0.351 e. The molecule has 0 bridgehead atoms. The Balaban J connectivity index is 1.34. The van der Waals surface area contributed by atoms with Gasteiger partial charge in [0, 0.05) is 26.2 Å². The maximum atomic E-state index is 13.7. The Hall–Kier alpha value is -3.88.